The van der Waals surface area contributed by atoms with Crippen molar-refractivity contribution in [3.05, 3.63) is 35.0 Å². The van der Waals surface area contributed by atoms with Gasteiger partial charge in [0.2, 0.25) is 5.95 Å². The van der Waals surface area contributed by atoms with Crippen LogP contribution in [0.2, 0.25) is 5.02 Å². The standard InChI is InChI=1S/C17H21ClN5O/c1-19-16-12(18)10-21-17(23-16)22-14-7-6-11(9-15(14)24-2)13-5-3-4-8-20-13/h6-7,9-10,13H,3-5,8H2,1-2H3,(H2,19,21,22,23). The summed E-state index contributed by atoms with van der Waals surface area (Å²) in [6, 6.07) is 6.37. The van der Waals surface area contributed by atoms with Crippen molar-refractivity contribution in [2.75, 3.05) is 31.3 Å². The molecule has 1 saturated heterocycles. The molecule has 1 aliphatic rings. The lowest BCUT2D eigenvalue weighted by Gasteiger charge is -2.23. The van der Waals surface area contributed by atoms with Gasteiger partial charge >= 0.3 is 0 Å². The second-order valence-electron chi connectivity index (χ2n) is 5.64. The predicted molar refractivity (Wildman–Crippen MR) is 96.5 cm³/mol. The van der Waals surface area contributed by atoms with Gasteiger partial charge in [-0.2, -0.15) is 4.98 Å². The summed E-state index contributed by atoms with van der Waals surface area (Å²) < 4.78 is 5.53. The molecule has 7 heteroatoms. The number of methoxy groups -OCH3 is 1. The SMILES string of the molecule is CNc1nc(Nc2ccc(C3CCCC[N]3)cc2OC)ncc1Cl. The van der Waals surface area contributed by atoms with Crippen LogP contribution >= 0.6 is 11.6 Å². The highest BCUT2D eigenvalue weighted by Crippen LogP contribution is 2.33. The summed E-state index contributed by atoms with van der Waals surface area (Å²) >= 11 is 6.01. The first-order valence-electron chi connectivity index (χ1n) is 8.03. The Morgan fingerprint density at radius 3 is 2.88 bits per heavy atom. The topological polar surface area (TPSA) is 73.2 Å². The molecule has 1 aliphatic heterocycles. The Bertz CT molecular complexity index is 703. The third-order valence-electron chi connectivity index (χ3n) is 4.07. The Labute approximate surface area is 147 Å². The number of piperidine rings is 1. The minimum Gasteiger partial charge on any atom is -0.495 e. The second-order valence-corrected chi connectivity index (χ2v) is 6.05. The molecule has 2 N–H and O–H groups in total. The Balaban J connectivity index is 1.82. The smallest absolute Gasteiger partial charge is 0.229 e. The lowest BCUT2D eigenvalue weighted by atomic mass is 9.97. The summed E-state index contributed by atoms with van der Waals surface area (Å²) in [7, 11) is 3.42. The number of hydrogen-bond donors (Lipinski definition) is 2. The van der Waals surface area contributed by atoms with E-state index in [0.717, 1.165) is 24.4 Å². The number of benzene rings is 1. The van der Waals surface area contributed by atoms with Gasteiger partial charge in [-0.3, -0.25) is 0 Å². The molecule has 24 heavy (non-hydrogen) atoms. The highest BCUT2D eigenvalue weighted by Gasteiger charge is 2.18. The molecule has 1 radical (unpaired) electrons. The first-order valence-corrected chi connectivity index (χ1v) is 8.41. The first-order chi connectivity index (χ1) is 11.7. The Morgan fingerprint density at radius 1 is 1.29 bits per heavy atom. The fraction of sp³-hybridized carbons (Fsp3) is 0.412. The number of nitrogens with zero attached hydrogens (tertiary/aromatic N) is 3. The quantitative estimate of drug-likeness (QED) is 0.862. The molecule has 1 unspecified atom stereocenters. The van der Waals surface area contributed by atoms with Crippen LogP contribution in [0.15, 0.2) is 24.4 Å². The molecular formula is C17H21ClN5O. The number of anilines is 3. The molecule has 1 atom stereocenters. The average Bonchev–Trinajstić information content (AvgIpc) is 2.64. The fourth-order valence-corrected chi connectivity index (χ4v) is 2.99. The van der Waals surface area contributed by atoms with E-state index < -0.39 is 0 Å². The number of ether oxygens (including phenoxy) is 1. The molecule has 1 aromatic heterocycles. The molecule has 127 valence electrons. The highest BCUT2D eigenvalue weighted by atomic mass is 35.5. The van der Waals surface area contributed by atoms with Gasteiger partial charge < -0.3 is 15.4 Å². The summed E-state index contributed by atoms with van der Waals surface area (Å²) in [6.07, 6.45) is 5.07. The monoisotopic (exact) mass is 346 g/mol. The highest BCUT2D eigenvalue weighted by molar-refractivity contribution is 6.32. The average molecular weight is 347 g/mol. The van der Waals surface area contributed by atoms with Crippen LogP contribution in [0.3, 0.4) is 0 Å². The van der Waals surface area contributed by atoms with Crippen molar-refractivity contribution in [1.29, 1.82) is 0 Å². The van der Waals surface area contributed by atoms with E-state index in [1.807, 2.05) is 12.1 Å². The molecule has 0 amide bonds. The van der Waals surface area contributed by atoms with Crippen molar-refractivity contribution in [2.45, 2.75) is 25.3 Å². The molecule has 0 bridgehead atoms. The van der Waals surface area contributed by atoms with Gasteiger partial charge in [0.15, 0.2) is 0 Å². The molecule has 0 aliphatic carbocycles. The molecule has 6 nitrogen and oxygen atoms in total. The van der Waals surface area contributed by atoms with Gasteiger partial charge in [-0.05, 0) is 30.5 Å². The van der Waals surface area contributed by atoms with Crippen LogP contribution in [-0.2, 0) is 0 Å². The van der Waals surface area contributed by atoms with Gasteiger partial charge in [-0.15, -0.1) is 0 Å². The van der Waals surface area contributed by atoms with Gasteiger partial charge in [-0.25, -0.2) is 10.3 Å². The lowest BCUT2D eigenvalue weighted by molar-refractivity contribution is 0.395. The zero-order chi connectivity index (χ0) is 16.9. The maximum Gasteiger partial charge on any atom is 0.229 e. The Morgan fingerprint density at radius 2 is 2.17 bits per heavy atom. The van der Waals surface area contributed by atoms with Gasteiger partial charge in [0.25, 0.3) is 0 Å². The van der Waals surface area contributed by atoms with Crippen LogP contribution < -0.4 is 20.7 Å². The zero-order valence-corrected chi connectivity index (χ0v) is 14.6. The van der Waals surface area contributed by atoms with Crippen molar-refractivity contribution < 1.29 is 4.74 Å². The number of aromatic nitrogens is 2. The van der Waals surface area contributed by atoms with Crippen LogP contribution in [0.5, 0.6) is 5.75 Å². The van der Waals surface area contributed by atoms with Crippen LogP contribution in [0.25, 0.3) is 0 Å². The van der Waals surface area contributed by atoms with Crippen LogP contribution in [0, 0.1) is 0 Å². The number of hydrogen-bond acceptors (Lipinski definition) is 5. The van der Waals surface area contributed by atoms with Crippen molar-refractivity contribution in [2.24, 2.45) is 0 Å². The number of halogens is 1. The third kappa shape index (κ3) is 3.71. The molecule has 2 heterocycles. The maximum atomic E-state index is 6.01. The molecule has 3 rings (SSSR count). The number of nitrogens with one attached hydrogen (secondary N) is 2. The molecule has 0 saturated carbocycles. The third-order valence-corrected chi connectivity index (χ3v) is 4.35. The van der Waals surface area contributed by atoms with Crippen molar-refractivity contribution in [1.82, 2.24) is 15.3 Å². The van der Waals surface area contributed by atoms with Crippen LogP contribution in [-0.4, -0.2) is 30.7 Å². The number of rotatable bonds is 5. The van der Waals surface area contributed by atoms with E-state index in [1.165, 1.54) is 18.4 Å². The van der Waals surface area contributed by atoms with E-state index >= 15 is 0 Å². The lowest BCUT2D eigenvalue weighted by Crippen LogP contribution is -2.20. The van der Waals surface area contributed by atoms with Crippen molar-refractivity contribution >= 4 is 29.1 Å². The largest absolute Gasteiger partial charge is 0.495 e. The van der Waals surface area contributed by atoms with Crippen molar-refractivity contribution in [3.63, 3.8) is 0 Å². The van der Waals surface area contributed by atoms with Crippen LogP contribution in [0.1, 0.15) is 30.9 Å². The Hall–Kier alpha value is -2.05. The van der Waals surface area contributed by atoms with E-state index in [1.54, 1.807) is 20.4 Å². The van der Waals surface area contributed by atoms with E-state index in [-0.39, 0.29) is 6.04 Å². The van der Waals surface area contributed by atoms with Crippen molar-refractivity contribution in [3.8, 4) is 5.75 Å². The molecule has 1 fully saturated rings. The van der Waals surface area contributed by atoms with Gasteiger partial charge in [0.1, 0.15) is 16.6 Å². The maximum absolute atomic E-state index is 6.01. The molecule has 0 spiro atoms. The summed E-state index contributed by atoms with van der Waals surface area (Å²) in [5.41, 5.74) is 1.99. The van der Waals surface area contributed by atoms with E-state index in [0.29, 0.717) is 16.8 Å². The fourth-order valence-electron chi connectivity index (χ4n) is 2.80. The van der Waals surface area contributed by atoms with E-state index in [4.69, 9.17) is 21.7 Å². The van der Waals surface area contributed by atoms with Gasteiger partial charge in [0.05, 0.1) is 19.0 Å². The summed E-state index contributed by atoms with van der Waals surface area (Å²) in [5, 5.41) is 11.3. The minimum atomic E-state index is 0.268. The van der Waals surface area contributed by atoms with Gasteiger partial charge in [-0.1, -0.05) is 24.1 Å². The normalized spacial score (nSPS) is 17.4. The molecule has 1 aromatic carbocycles. The Kier molecular flexibility index (Phi) is 5.37. The summed E-state index contributed by atoms with van der Waals surface area (Å²) in [5.74, 6) is 1.78. The zero-order valence-electron chi connectivity index (χ0n) is 13.8. The first kappa shape index (κ1) is 16.8. The second kappa shape index (κ2) is 7.68. The molecule has 2 aromatic rings. The van der Waals surface area contributed by atoms with Crippen LogP contribution in [0.4, 0.5) is 17.5 Å². The predicted octanol–water partition coefficient (Wildman–Crippen LogP) is 3.75. The van der Waals surface area contributed by atoms with Gasteiger partial charge in [0, 0.05) is 19.6 Å². The van der Waals surface area contributed by atoms with E-state index in [9.17, 15) is 0 Å². The molecular weight excluding hydrogens is 326 g/mol. The summed E-state index contributed by atoms with van der Waals surface area (Å²) in [6.45, 7) is 0.943. The summed E-state index contributed by atoms with van der Waals surface area (Å²) in [4.78, 5) is 8.54. The van der Waals surface area contributed by atoms with E-state index in [2.05, 4.69) is 26.7 Å². The minimum absolute atomic E-state index is 0.268.